The number of nitrogens with one attached hydrogen (secondary N) is 2. The number of carbonyl (C=O) groups excluding carboxylic acids is 2. The predicted molar refractivity (Wildman–Crippen MR) is 105 cm³/mol. The molecule has 0 aliphatic carbocycles. The maximum absolute atomic E-state index is 12.6. The Labute approximate surface area is 161 Å². The van der Waals surface area contributed by atoms with Gasteiger partial charge < -0.3 is 20.3 Å². The fraction of sp³-hybridized carbons (Fsp3) is 0.524. The molecule has 1 aromatic rings. The van der Waals surface area contributed by atoms with Crippen LogP contribution in [0.1, 0.15) is 51.6 Å². The molecule has 2 heterocycles. The van der Waals surface area contributed by atoms with Gasteiger partial charge in [0.05, 0.1) is 18.2 Å². The van der Waals surface area contributed by atoms with Crippen LogP contribution >= 0.6 is 0 Å². The normalized spacial score (nSPS) is 20.4. The van der Waals surface area contributed by atoms with E-state index in [2.05, 4.69) is 27.7 Å². The number of allylic oxidation sites excluding steroid dienone is 1. The first-order chi connectivity index (χ1) is 13.0. The number of carbonyl (C=O) groups is 2. The smallest absolute Gasteiger partial charge is 0.338 e. The Morgan fingerprint density at radius 3 is 2.44 bits per heavy atom. The largest absolute Gasteiger partial charge is 0.463 e. The summed E-state index contributed by atoms with van der Waals surface area (Å²) in [6.45, 7) is 8.14. The van der Waals surface area contributed by atoms with Crippen LogP contribution in [0.25, 0.3) is 0 Å². The number of esters is 1. The van der Waals surface area contributed by atoms with E-state index in [1.54, 1.807) is 6.92 Å². The molecule has 1 saturated heterocycles. The number of benzene rings is 1. The lowest BCUT2D eigenvalue weighted by atomic mass is 9.91. The van der Waals surface area contributed by atoms with Crippen LogP contribution in [-0.4, -0.2) is 31.7 Å². The van der Waals surface area contributed by atoms with Crippen molar-refractivity contribution in [3.63, 3.8) is 0 Å². The Bertz CT molecular complexity index is 719. The van der Waals surface area contributed by atoms with Crippen molar-refractivity contribution in [2.24, 2.45) is 5.92 Å². The van der Waals surface area contributed by atoms with E-state index in [9.17, 15) is 9.59 Å². The summed E-state index contributed by atoms with van der Waals surface area (Å²) in [4.78, 5) is 27.2. The van der Waals surface area contributed by atoms with Crippen LogP contribution in [0.3, 0.4) is 0 Å². The minimum atomic E-state index is -0.509. The second kappa shape index (κ2) is 8.46. The zero-order valence-corrected chi connectivity index (χ0v) is 16.4. The Balaban J connectivity index is 1.93. The number of urea groups is 1. The van der Waals surface area contributed by atoms with Gasteiger partial charge in [-0.2, -0.15) is 0 Å². The van der Waals surface area contributed by atoms with E-state index in [1.807, 2.05) is 26.0 Å². The van der Waals surface area contributed by atoms with Crippen LogP contribution in [0, 0.1) is 5.92 Å². The molecule has 0 bridgehead atoms. The molecule has 146 valence electrons. The van der Waals surface area contributed by atoms with E-state index in [-0.39, 0.29) is 17.9 Å². The van der Waals surface area contributed by atoms with Crippen LogP contribution in [0.5, 0.6) is 0 Å². The summed E-state index contributed by atoms with van der Waals surface area (Å²) in [5.74, 6) is -0.385. The number of piperidine rings is 1. The molecule has 1 unspecified atom stereocenters. The topological polar surface area (TPSA) is 70.7 Å². The van der Waals surface area contributed by atoms with Gasteiger partial charge in [0.15, 0.2) is 0 Å². The van der Waals surface area contributed by atoms with Gasteiger partial charge in [0.2, 0.25) is 0 Å². The van der Waals surface area contributed by atoms with Crippen LogP contribution in [0.4, 0.5) is 10.5 Å². The average Bonchev–Trinajstić information content (AvgIpc) is 2.68. The Morgan fingerprint density at radius 1 is 1.19 bits per heavy atom. The van der Waals surface area contributed by atoms with E-state index < -0.39 is 6.04 Å². The average molecular weight is 371 g/mol. The fourth-order valence-electron chi connectivity index (χ4n) is 3.76. The Hall–Kier alpha value is -2.50. The predicted octanol–water partition coefficient (Wildman–Crippen LogP) is 3.50. The number of rotatable bonds is 5. The van der Waals surface area contributed by atoms with Crippen molar-refractivity contribution in [3.05, 3.63) is 41.1 Å². The van der Waals surface area contributed by atoms with Crippen molar-refractivity contribution in [2.75, 3.05) is 24.6 Å². The van der Waals surface area contributed by atoms with Crippen molar-refractivity contribution in [1.29, 1.82) is 0 Å². The van der Waals surface area contributed by atoms with E-state index in [0.717, 1.165) is 18.7 Å². The SMILES string of the molecule is CCOC(=O)C1=C(C(C)C)NC(=O)NC1c1ccc(N2CCCCC2)cc1. The van der Waals surface area contributed by atoms with Crippen molar-refractivity contribution in [2.45, 2.75) is 46.1 Å². The second-order valence-electron chi connectivity index (χ2n) is 7.37. The lowest BCUT2D eigenvalue weighted by Crippen LogP contribution is -2.47. The monoisotopic (exact) mass is 371 g/mol. The molecular weight excluding hydrogens is 342 g/mol. The van der Waals surface area contributed by atoms with Gasteiger partial charge in [-0.1, -0.05) is 26.0 Å². The molecule has 1 aromatic carbocycles. The molecular formula is C21H29N3O3. The lowest BCUT2D eigenvalue weighted by Gasteiger charge is -2.32. The Morgan fingerprint density at radius 2 is 1.85 bits per heavy atom. The van der Waals surface area contributed by atoms with Crippen LogP contribution < -0.4 is 15.5 Å². The number of ether oxygens (including phenoxy) is 1. The van der Waals surface area contributed by atoms with Crippen LogP contribution in [0.2, 0.25) is 0 Å². The maximum atomic E-state index is 12.6. The highest BCUT2D eigenvalue weighted by Gasteiger charge is 2.34. The van der Waals surface area contributed by atoms with Crippen molar-refractivity contribution in [3.8, 4) is 0 Å². The first-order valence-electron chi connectivity index (χ1n) is 9.84. The zero-order chi connectivity index (χ0) is 19.4. The fourth-order valence-corrected chi connectivity index (χ4v) is 3.76. The number of hydrogen-bond donors (Lipinski definition) is 2. The van der Waals surface area contributed by atoms with E-state index in [1.165, 1.54) is 24.9 Å². The minimum Gasteiger partial charge on any atom is -0.463 e. The quantitative estimate of drug-likeness (QED) is 0.777. The summed E-state index contributed by atoms with van der Waals surface area (Å²) in [5.41, 5.74) is 3.18. The first-order valence-corrected chi connectivity index (χ1v) is 9.84. The molecule has 2 aliphatic rings. The zero-order valence-electron chi connectivity index (χ0n) is 16.4. The Kier molecular flexibility index (Phi) is 6.04. The van der Waals surface area contributed by atoms with Crippen LogP contribution in [-0.2, 0) is 9.53 Å². The molecule has 3 rings (SSSR count). The van der Waals surface area contributed by atoms with Gasteiger partial charge in [-0.3, -0.25) is 0 Å². The van der Waals surface area contributed by atoms with Gasteiger partial charge in [0.25, 0.3) is 0 Å². The summed E-state index contributed by atoms with van der Waals surface area (Å²) in [7, 11) is 0. The number of anilines is 1. The molecule has 0 saturated carbocycles. The van der Waals surface area contributed by atoms with E-state index in [4.69, 9.17) is 4.74 Å². The summed E-state index contributed by atoms with van der Waals surface area (Å²) in [6.07, 6.45) is 3.74. The molecule has 0 aromatic heterocycles. The summed E-state index contributed by atoms with van der Waals surface area (Å²) >= 11 is 0. The molecule has 0 spiro atoms. The molecule has 2 amide bonds. The van der Waals surface area contributed by atoms with Crippen molar-refractivity contribution >= 4 is 17.7 Å². The number of nitrogens with zero attached hydrogens (tertiary/aromatic N) is 1. The molecule has 6 heteroatoms. The van der Waals surface area contributed by atoms with E-state index in [0.29, 0.717) is 17.9 Å². The third-order valence-electron chi connectivity index (χ3n) is 5.12. The number of amides is 2. The standard InChI is InChI=1S/C21H29N3O3/c1-4-27-20(25)17-18(14(2)3)22-21(26)23-19(17)15-8-10-16(11-9-15)24-12-6-5-7-13-24/h8-11,14,19H,4-7,12-13H2,1-3H3,(H2,22,23,26). The highest BCUT2D eigenvalue weighted by atomic mass is 16.5. The van der Waals surface area contributed by atoms with Gasteiger partial charge in [0.1, 0.15) is 0 Å². The molecule has 6 nitrogen and oxygen atoms in total. The summed E-state index contributed by atoms with van der Waals surface area (Å²) < 4.78 is 5.27. The molecule has 0 radical (unpaired) electrons. The molecule has 2 N–H and O–H groups in total. The number of hydrogen-bond acceptors (Lipinski definition) is 4. The summed E-state index contributed by atoms with van der Waals surface area (Å²) in [6, 6.07) is 7.34. The summed E-state index contributed by atoms with van der Waals surface area (Å²) in [5, 5.41) is 5.67. The first kappa shape index (κ1) is 19.3. The van der Waals surface area contributed by atoms with Gasteiger partial charge in [-0.15, -0.1) is 0 Å². The van der Waals surface area contributed by atoms with Gasteiger partial charge >= 0.3 is 12.0 Å². The van der Waals surface area contributed by atoms with Crippen molar-refractivity contribution in [1.82, 2.24) is 10.6 Å². The van der Waals surface area contributed by atoms with Crippen LogP contribution in [0.15, 0.2) is 35.5 Å². The van der Waals surface area contributed by atoms with Gasteiger partial charge in [0, 0.05) is 24.5 Å². The van der Waals surface area contributed by atoms with Gasteiger partial charge in [-0.05, 0) is 49.8 Å². The molecule has 1 atom stereocenters. The molecule has 1 fully saturated rings. The third kappa shape index (κ3) is 4.26. The highest BCUT2D eigenvalue weighted by Crippen LogP contribution is 2.32. The molecule has 2 aliphatic heterocycles. The second-order valence-corrected chi connectivity index (χ2v) is 7.37. The highest BCUT2D eigenvalue weighted by molar-refractivity contribution is 5.95. The van der Waals surface area contributed by atoms with Crippen molar-refractivity contribution < 1.29 is 14.3 Å². The lowest BCUT2D eigenvalue weighted by molar-refractivity contribution is -0.139. The molecule has 27 heavy (non-hydrogen) atoms. The van der Waals surface area contributed by atoms with E-state index >= 15 is 0 Å². The minimum absolute atomic E-state index is 0.00517. The third-order valence-corrected chi connectivity index (χ3v) is 5.12. The maximum Gasteiger partial charge on any atom is 0.338 e. The van der Waals surface area contributed by atoms with Gasteiger partial charge in [-0.25, -0.2) is 9.59 Å².